The van der Waals surface area contributed by atoms with Crippen molar-refractivity contribution >= 4 is 26.0 Å². The summed E-state index contributed by atoms with van der Waals surface area (Å²) in [4.78, 5) is 3.92. The molecule has 14 heavy (non-hydrogen) atoms. The first-order valence-electron chi connectivity index (χ1n) is 4.01. The number of nitrogens with one attached hydrogen (secondary N) is 1. The van der Waals surface area contributed by atoms with E-state index in [1.54, 1.807) is 25.4 Å². The van der Waals surface area contributed by atoms with Gasteiger partial charge in [0.2, 0.25) is 10.0 Å². The molecule has 0 fully saturated rings. The maximum absolute atomic E-state index is 11.2. The summed E-state index contributed by atoms with van der Waals surface area (Å²) in [7, 11) is -3.23. The highest BCUT2D eigenvalue weighted by Crippen LogP contribution is 2.11. The molecule has 0 aliphatic heterocycles. The van der Waals surface area contributed by atoms with Crippen molar-refractivity contribution in [2.45, 2.75) is 13.0 Å². The minimum atomic E-state index is -3.23. The van der Waals surface area contributed by atoms with Crippen molar-refractivity contribution in [2.24, 2.45) is 0 Å². The van der Waals surface area contributed by atoms with E-state index in [2.05, 4.69) is 25.6 Å². The van der Waals surface area contributed by atoms with Crippen molar-refractivity contribution in [1.82, 2.24) is 9.71 Å². The van der Waals surface area contributed by atoms with Crippen LogP contribution in [0.25, 0.3) is 0 Å². The van der Waals surface area contributed by atoms with Gasteiger partial charge in [-0.2, -0.15) is 0 Å². The zero-order valence-corrected chi connectivity index (χ0v) is 10.0. The van der Waals surface area contributed by atoms with Gasteiger partial charge in [0.25, 0.3) is 0 Å². The van der Waals surface area contributed by atoms with E-state index in [4.69, 9.17) is 0 Å². The van der Waals surface area contributed by atoms with E-state index in [0.29, 0.717) is 0 Å². The SMILES string of the molecule is C[C@@H](NS(=O)(=O)CBr)c1cccnc1. The highest BCUT2D eigenvalue weighted by atomic mass is 79.9. The van der Waals surface area contributed by atoms with Crippen molar-refractivity contribution in [3.8, 4) is 0 Å². The third kappa shape index (κ3) is 3.36. The average Bonchev–Trinajstić information content (AvgIpc) is 2.19. The molecule has 0 aromatic carbocycles. The molecule has 0 saturated heterocycles. The molecule has 4 nitrogen and oxygen atoms in total. The van der Waals surface area contributed by atoms with Crippen molar-refractivity contribution < 1.29 is 8.42 Å². The first-order chi connectivity index (χ1) is 6.55. The summed E-state index contributed by atoms with van der Waals surface area (Å²) in [6.45, 7) is 1.78. The Morgan fingerprint density at radius 2 is 2.36 bits per heavy atom. The molecule has 0 saturated carbocycles. The number of sulfonamides is 1. The third-order valence-corrected chi connectivity index (χ3v) is 4.49. The topological polar surface area (TPSA) is 59.1 Å². The van der Waals surface area contributed by atoms with Gasteiger partial charge in [0.15, 0.2) is 0 Å². The van der Waals surface area contributed by atoms with Crippen LogP contribution in [0.4, 0.5) is 0 Å². The lowest BCUT2D eigenvalue weighted by atomic mass is 10.2. The average molecular weight is 279 g/mol. The molecular weight excluding hydrogens is 268 g/mol. The Morgan fingerprint density at radius 3 is 2.86 bits per heavy atom. The molecule has 6 heteroatoms. The minimum absolute atomic E-state index is 0.0927. The summed E-state index contributed by atoms with van der Waals surface area (Å²) in [6, 6.07) is 3.34. The Labute approximate surface area is 91.9 Å². The molecule has 0 unspecified atom stereocenters. The number of hydrogen-bond donors (Lipinski definition) is 1. The van der Waals surface area contributed by atoms with E-state index >= 15 is 0 Å². The van der Waals surface area contributed by atoms with Crippen LogP contribution in [0.1, 0.15) is 18.5 Å². The lowest BCUT2D eigenvalue weighted by Gasteiger charge is -2.12. The Morgan fingerprint density at radius 1 is 1.64 bits per heavy atom. The van der Waals surface area contributed by atoms with Gasteiger partial charge in [-0.25, -0.2) is 13.1 Å². The molecule has 1 heterocycles. The molecule has 0 bridgehead atoms. The van der Waals surface area contributed by atoms with E-state index < -0.39 is 10.0 Å². The summed E-state index contributed by atoms with van der Waals surface area (Å²) in [5.74, 6) is 0. The van der Waals surface area contributed by atoms with Gasteiger partial charge in [-0.15, -0.1) is 0 Å². The summed E-state index contributed by atoms with van der Waals surface area (Å²) in [5.41, 5.74) is 0.844. The summed E-state index contributed by atoms with van der Waals surface area (Å²) in [5, 5.41) is 0. The summed E-state index contributed by atoms with van der Waals surface area (Å²) >= 11 is 2.91. The number of aromatic nitrogens is 1. The fourth-order valence-electron chi connectivity index (χ4n) is 1.00. The Hall–Kier alpha value is -0.460. The van der Waals surface area contributed by atoms with Crippen LogP contribution in [0.2, 0.25) is 0 Å². The second-order valence-corrected chi connectivity index (χ2v) is 5.91. The molecule has 78 valence electrons. The Balaban J connectivity index is 2.74. The maximum atomic E-state index is 11.2. The monoisotopic (exact) mass is 278 g/mol. The number of halogens is 1. The van der Waals surface area contributed by atoms with Crippen LogP contribution in [0.3, 0.4) is 0 Å². The maximum Gasteiger partial charge on any atom is 0.222 e. The van der Waals surface area contributed by atoms with Crippen molar-refractivity contribution in [1.29, 1.82) is 0 Å². The van der Waals surface area contributed by atoms with Gasteiger partial charge in [-0.05, 0) is 18.6 Å². The van der Waals surface area contributed by atoms with Crippen molar-refractivity contribution in [3.63, 3.8) is 0 Å². The standard InChI is InChI=1S/C8H11BrN2O2S/c1-7(11-14(12,13)6-9)8-3-2-4-10-5-8/h2-5,7,11H,6H2,1H3/t7-/m1/s1. The normalized spacial score (nSPS) is 13.9. The van der Waals surface area contributed by atoms with Gasteiger partial charge in [0.05, 0.1) is 0 Å². The number of pyridine rings is 1. The van der Waals surface area contributed by atoms with Gasteiger partial charge >= 0.3 is 0 Å². The third-order valence-electron chi connectivity index (χ3n) is 1.68. The van der Waals surface area contributed by atoms with Crippen molar-refractivity contribution in [3.05, 3.63) is 30.1 Å². The van der Waals surface area contributed by atoms with E-state index in [0.717, 1.165) is 5.56 Å². The van der Waals surface area contributed by atoms with E-state index in [9.17, 15) is 8.42 Å². The van der Waals surface area contributed by atoms with Gasteiger partial charge in [0, 0.05) is 18.4 Å². The van der Waals surface area contributed by atoms with Gasteiger partial charge in [-0.1, -0.05) is 22.0 Å². The van der Waals surface area contributed by atoms with E-state index in [-0.39, 0.29) is 10.7 Å². The second kappa shape index (κ2) is 4.86. The Bertz CT molecular complexity index is 380. The smallest absolute Gasteiger partial charge is 0.222 e. The quantitative estimate of drug-likeness (QED) is 0.848. The van der Waals surface area contributed by atoms with Gasteiger partial charge < -0.3 is 0 Å². The highest BCUT2D eigenvalue weighted by Gasteiger charge is 2.13. The van der Waals surface area contributed by atoms with Crippen molar-refractivity contribution in [2.75, 3.05) is 4.66 Å². The molecule has 0 radical (unpaired) electrons. The first kappa shape index (κ1) is 11.6. The van der Waals surface area contributed by atoms with Gasteiger partial charge in [0.1, 0.15) is 4.66 Å². The zero-order chi connectivity index (χ0) is 10.6. The minimum Gasteiger partial charge on any atom is -0.264 e. The fourth-order valence-corrected chi connectivity index (χ4v) is 2.14. The van der Waals surface area contributed by atoms with E-state index in [1.165, 1.54) is 0 Å². The molecule has 0 spiro atoms. The molecule has 1 N–H and O–H groups in total. The molecule has 1 rings (SSSR count). The van der Waals surface area contributed by atoms with Crippen LogP contribution in [0, 0.1) is 0 Å². The fraction of sp³-hybridized carbons (Fsp3) is 0.375. The van der Waals surface area contributed by atoms with E-state index in [1.807, 2.05) is 6.07 Å². The second-order valence-electron chi connectivity index (χ2n) is 2.85. The molecule has 1 aromatic rings. The highest BCUT2D eigenvalue weighted by molar-refractivity contribution is 9.10. The lowest BCUT2D eigenvalue weighted by molar-refractivity contribution is 0.572. The lowest BCUT2D eigenvalue weighted by Crippen LogP contribution is -2.27. The van der Waals surface area contributed by atoms with Crippen LogP contribution in [-0.2, 0) is 10.0 Å². The molecule has 0 aliphatic rings. The number of alkyl halides is 1. The van der Waals surface area contributed by atoms with Crippen LogP contribution in [-0.4, -0.2) is 18.1 Å². The Kier molecular flexibility index (Phi) is 4.03. The first-order valence-corrected chi connectivity index (χ1v) is 6.78. The number of nitrogens with zero attached hydrogens (tertiary/aromatic N) is 1. The van der Waals surface area contributed by atoms with Gasteiger partial charge in [-0.3, -0.25) is 4.98 Å². The van der Waals surface area contributed by atoms with Crippen LogP contribution in [0.5, 0.6) is 0 Å². The molecule has 0 amide bonds. The molecule has 1 aromatic heterocycles. The predicted molar refractivity (Wildman–Crippen MR) is 58.5 cm³/mol. The molecular formula is C8H11BrN2O2S. The van der Waals surface area contributed by atoms with Crippen LogP contribution < -0.4 is 4.72 Å². The van der Waals surface area contributed by atoms with Crippen LogP contribution >= 0.6 is 15.9 Å². The number of hydrogen-bond acceptors (Lipinski definition) is 3. The summed E-state index contributed by atoms with van der Waals surface area (Å²) in [6.07, 6.45) is 3.29. The molecule has 0 aliphatic carbocycles. The van der Waals surface area contributed by atoms with Crippen LogP contribution in [0.15, 0.2) is 24.5 Å². The predicted octanol–water partition coefficient (Wildman–Crippen LogP) is 1.41. The largest absolute Gasteiger partial charge is 0.264 e. The summed E-state index contributed by atoms with van der Waals surface area (Å²) < 4.78 is 24.8. The molecule has 1 atom stereocenters. The zero-order valence-electron chi connectivity index (χ0n) is 7.64. The number of rotatable bonds is 4.